The van der Waals surface area contributed by atoms with E-state index >= 15 is 0 Å². The third kappa shape index (κ3) is 5.03. The zero-order valence-corrected chi connectivity index (χ0v) is 20.9. The van der Waals surface area contributed by atoms with E-state index in [1.165, 1.54) is 0 Å². The number of nitriles is 1. The van der Waals surface area contributed by atoms with Crippen LogP contribution in [0.3, 0.4) is 0 Å². The van der Waals surface area contributed by atoms with Gasteiger partial charge in [-0.05, 0) is 52.9 Å². The number of nitrogens with zero attached hydrogens (tertiary/aromatic N) is 4. The lowest BCUT2D eigenvalue weighted by molar-refractivity contribution is 0.684. The lowest BCUT2D eigenvalue weighted by Crippen LogP contribution is -2.22. The highest BCUT2D eigenvalue weighted by molar-refractivity contribution is 5.75. The largest absolute Gasteiger partial charge is 0.399 e. The predicted octanol–water partition coefficient (Wildman–Crippen LogP) is 5.76. The molecule has 0 amide bonds. The van der Waals surface area contributed by atoms with Gasteiger partial charge in [0.25, 0.3) is 5.56 Å². The summed E-state index contributed by atoms with van der Waals surface area (Å²) in [6.45, 7) is 3.18. The van der Waals surface area contributed by atoms with Crippen molar-refractivity contribution in [3.8, 4) is 17.2 Å². The molecular weight excluding hydrogens is 458 g/mol. The summed E-state index contributed by atoms with van der Waals surface area (Å²) in [5, 5.41) is 9.46. The minimum absolute atomic E-state index is 0.0517. The first kappa shape index (κ1) is 24.1. The molecule has 0 bridgehead atoms. The zero-order valence-electron chi connectivity index (χ0n) is 20.9. The molecule has 0 saturated heterocycles. The van der Waals surface area contributed by atoms with E-state index in [4.69, 9.17) is 10.7 Å². The molecule has 37 heavy (non-hydrogen) atoms. The predicted molar refractivity (Wildman–Crippen MR) is 148 cm³/mol. The van der Waals surface area contributed by atoms with E-state index in [1.54, 1.807) is 4.57 Å². The van der Waals surface area contributed by atoms with Gasteiger partial charge in [-0.25, -0.2) is 4.98 Å². The average Bonchev–Trinajstić information content (AvgIpc) is 3.28. The van der Waals surface area contributed by atoms with Gasteiger partial charge >= 0.3 is 0 Å². The number of hydrogen-bond acceptors (Lipinski definition) is 4. The van der Waals surface area contributed by atoms with Crippen molar-refractivity contribution in [2.75, 3.05) is 5.73 Å². The maximum atomic E-state index is 13.7. The number of pyridine rings is 1. The van der Waals surface area contributed by atoms with Crippen molar-refractivity contribution in [2.24, 2.45) is 0 Å². The maximum absolute atomic E-state index is 13.7. The molecule has 2 aromatic heterocycles. The second kappa shape index (κ2) is 10.5. The van der Waals surface area contributed by atoms with Gasteiger partial charge in [0.05, 0.1) is 23.7 Å². The van der Waals surface area contributed by atoms with Gasteiger partial charge in [-0.1, -0.05) is 67.9 Å². The quantitative estimate of drug-likeness (QED) is 0.282. The number of nitrogens with two attached hydrogens (primary N) is 1. The molecule has 0 spiro atoms. The number of hydrogen-bond donors (Lipinski definition) is 1. The Hall–Kier alpha value is -4.63. The van der Waals surface area contributed by atoms with E-state index in [9.17, 15) is 10.1 Å². The first-order valence-corrected chi connectivity index (χ1v) is 12.6. The van der Waals surface area contributed by atoms with Gasteiger partial charge in [0.1, 0.15) is 11.3 Å². The summed E-state index contributed by atoms with van der Waals surface area (Å²) in [7, 11) is 0. The van der Waals surface area contributed by atoms with Crippen LogP contribution in [0, 0.1) is 11.3 Å². The summed E-state index contributed by atoms with van der Waals surface area (Å²) < 4.78 is 3.81. The molecule has 2 heterocycles. The second-order valence-corrected chi connectivity index (χ2v) is 9.30. The van der Waals surface area contributed by atoms with Crippen LogP contribution in [0.5, 0.6) is 0 Å². The van der Waals surface area contributed by atoms with E-state index in [0.29, 0.717) is 29.9 Å². The molecule has 0 atom stereocenters. The van der Waals surface area contributed by atoms with Crippen molar-refractivity contribution >= 4 is 16.7 Å². The summed E-state index contributed by atoms with van der Waals surface area (Å²) in [4.78, 5) is 18.5. The summed E-state index contributed by atoms with van der Waals surface area (Å²) in [6, 6.07) is 27.6. The van der Waals surface area contributed by atoms with Crippen LogP contribution in [0.4, 0.5) is 5.69 Å². The van der Waals surface area contributed by atoms with Crippen molar-refractivity contribution in [1.82, 2.24) is 14.1 Å². The van der Waals surface area contributed by atoms with Crippen molar-refractivity contribution < 1.29 is 0 Å². The fourth-order valence-corrected chi connectivity index (χ4v) is 4.67. The van der Waals surface area contributed by atoms with Crippen LogP contribution in [0.25, 0.3) is 22.2 Å². The number of rotatable bonds is 8. The van der Waals surface area contributed by atoms with Crippen molar-refractivity contribution in [3.63, 3.8) is 0 Å². The number of benzene rings is 3. The number of aryl methyl sites for hydroxylation is 1. The molecule has 0 aliphatic heterocycles. The molecule has 0 radical (unpaired) electrons. The van der Waals surface area contributed by atoms with Gasteiger partial charge in [-0.3, -0.25) is 4.79 Å². The summed E-state index contributed by atoms with van der Waals surface area (Å²) in [6.07, 6.45) is 4.70. The van der Waals surface area contributed by atoms with E-state index in [-0.39, 0.29) is 5.56 Å². The number of anilines is 1. The fraction of sp³-hybridized carbons (Fsp3) is 0.194. The molecule has 5 aromatic rings. The van der Waals surface area contributed by atoms with Gasteiger partial charge in [0, 0.05) is 24.8 Å². The second-order valence-electron chi connectivity index (χ2n) is 9.30. The molecule has 0 aliphatic carbocycles. The van der Waals surface area contributed by atoms with Crippen LogP contribution < -0.4 is 11.3 Å². The number of imidazole rings is 1. The van der Waals surface area contributed by atoms with Gasteiger partial charge in [0.2, 0.25) is 0 Å². The van der Waals surface area contributed by atoms with Crippen LogP contribution >= 0.6 is 0 Å². The first-order valence-electron chi connectivity index (χ1n) is 12.6. The Bertz CT molecular complexity index is 1640. The average molecular weight is 488 g/mol. The van der Waals surface area contributed by atoms with Gasteiger partial charge < -0.3 is 14.9 Å². The third-order valence-electron chi connectivity index (χ3n) is 6.69. The number of nitrogen functional groups attached to an aromatic ring is 1. The summed E-state index contributed by atoms with van der Waals surface area (Å²) in [5.41, 5.74) is 12.5. The topological polar surface area (TPSA) is 89.6 Å². The molecule has 6 nitrogen and oxygen atoms in total. The van der Waals surface area contributed by atoms with Gasteiger partial charge in [-0.2, -0.15) is 5.26 Å². The lowest BCUT2D eigenvalue weighted by Gasteiger charge is -2.12. The van der Waals surface area contributed by atoms with Crippen molar-refractivity contribution in [1.29, 1.82) is 5.26 Å². The standard InChI is InChI=1S/C31H29N5O/c1-2-3-8-29-34-28-17-18-35(20-22-11-15-26(33)16-12-22)31(37)30(28)36(29)21-23-9-13-24(14-10-23)27-7-5-4-6-25(27)19-32/h4-7,9-18H,2-3,8,20-21,33H2,1H3. The minimum atomic E-state index is -0.0517. The molecule has 3 aromatic carbocycles. The minimum Gasteiger partial charge on any atom is -0.399 e. The fourth-order valence-electron chi connectivity index (χ4n) is 4.67. The Kier molecular flexibility index (Phi) is 6.87. The molecule has 2 N–H and O–H groups in total. The van der Waals surface area contributed by atoms with E-state index in [0.717, 1.165) is 52.9 Å². The Balaban J connectivity index is 1.52. The van der Waals surface area contributed by atoms with Crippen LogP contribution in [0.1, 0.15) is 42.3 Å². The van der Waals surface area contributed by atoms with Crippen LogP contribution in [0.15, 0.2) is 89.9 Å². The summed E-state index contributed by atoms with van der Waals surface area (Å²) in [5.74, 6) is 0.929. The molecule has 0 unspecified atom stereocenters. The highest BCUT2D eigenvalue weighted by Crippen LogP contribution is 2.24. The normalized spacial score (nSPS) is 11.0. The van der Waals surface area contributed by atoms with Crippen LogP contribution in [-0.2, 0) is 19.5 Å². The Labute approximate surface area is 216 Å². The Morgan fingerprint density at radius 1 is 0.919 bits per heavy atom. The Morgan fingerprint density at radius 3 is 2.35 bits per heavy atom. The van der Waals surface area contributed by atoms with E-state index < -0.39 is 0 Å². The molecule has 5 rings (SSSR count). The SMILES string of the molecule is CCCCc1nc2ccn(Cc3ccc(N)cc3)c(=O)c2n1Cc1ccc(-c2ccccc2C#N)cc1. The van der Waals surface area contributed by atoms with E-state index in [1.807, 2.05) is 72.9 Å². The van der Waals surface area contributed by atoms with Crippen LogP contribution in [-0.4, -0.2) is 14.1 Å². The molecule has 0 aliphatic rings. The smallest absolute Gasteiger partial charge is 0.277 e. The van der Waals surface area contributed by atoms with Crippen molar-refractivity contribution in [2.45, 2.75) is 39.3 Å². The molecule has 184 valence electrons. The molecule has 0 saturated carbocycles. The van der Waals surface area contributed by atoms with E-state index in [2.05, 4.69) is 29.7 Å². The Morgan fingerprint density at radius 2 is 1.62 bits per heavy atom. The highest BCUT2D eigenvalue weighted by atomic mass is 16.1. The number of aromatic nitrogens is 3. The zero-order chi connectivity index (χ0) is 25.8. The van der Waals surface area contributed by atoms with Gasteiger partial charge in [0.15, 0.2) is 0 Å². The molecular formula is C31H29N5O. The molecule has 0 fully saturated rings. The lowest BCUT2D eigenvalue weighted by atomic mass is 9.99. The summed E-state index contributed by atoms with van der Waals surface area (Å²) >= 11 is 0. The maximum Gasteiger partial charge on any atom is 0.277 e. The van der Waals surface area contributed by atoms with Gasteiger partial charge in [-0.15, -0.1) is 0 Å². The molecule has 6 heteroatoms. The third-order valence-corrected chi connectivity index (χ3v) is 6.69. The highest BCUT2D eigenvalue weighted by Gasteiger charge is 2.16. The number of fused-ring (bicyclic) bond motifs is 1. The number of unbranched alkanes of at least 4 members (excludes halogenated alkanes) is 1. The monoisotopic (exact) mass is 487 g/mol. The van der Waals surface area contributed by atoms with Crippen molar-refractivity contribution in [3.05, 3.63) is 118 Å². The van der Waals surface area contributed by atoms with Crippen LogP contribution in [0.2, 0.25) is 0 Å². The first-order chi connectivity index (χ1) is 18.1.